The van der Waals surface area contributed by atoms with Crippen LogP contribution in [0.2, 0.25) is 0 Å². The number of carbonyl (C=O) groups excluding carboxylic acids is 2. The van der Waals surface area contributed by atoms with Crippen LogP contribution >= 0.6 is 11.5 Å². The topological polar surface area (TPSA) is 75.4 Å². The molecule has 1 fully saturated rings. The van der Waals surface area contributed by atoms with Gasteiger partial charge >= 0.3 is 0 Å². The van der Waals surface area contributed by atoms with Gasteiger partial charge in [-0.3, -0.25) is 9.59 Å². The third-order valence-electron chi connectivity index (χ3n) is 4.95. The van der Waals surface area contributed by atoms with E-state index in [9.17, 15) is 14.0 Å². The minimum Gasteiger partial charge on any atom is -0.467 e. The number of furan rings is 1. The molecule has 150 valence electrons. The number of nitrogens with zero attached hydrogens (tertiary/aromatic N) is 2. The maximum absolute atomic E-state index is 14.2. The van der Waals surface area contributed by atoms with Crippen molar-refractivity contribution in [3.8, 4) is 0 Å². The van der Waals surface area contributed by atoms with Crippen molar-refractivity contribution in [3.63, 3.8) is 0 Å². The molecule has 0 bridgehead atoms. The van der Waals surface area contributed by atoms with E-state index in [1.165, 1.54) is 24.4 Å². The molecule has 1 aromatic carbocycles. The third kappa shape index (κ3) is 4.37. The summed E-state index contributed by atoms with van der Waals surface area (Å²) in [5.41, 5.74) is 0.430. The van der Waals surface area contributed by atoms with Crippen LogP contribution in [0.1, 0.15) is 57.5 Å². The molecule has 1 atom stereocenters. The Labute approximate surface area is 171 Å². The zero-order valence-electron chi connectivity index (χ0n) is 15.6. The molecule has 1 unspecified atom stereocenters. The molecule has 2 aromatic heterocycles. The fourth-order valence-electron chi connectivity index (χ4n) is 3.60. The number of rotatable bonds is 4. The minimum absolute atomic E-state index is 0.182. The quantitative estimate of drug-likeness (QED) is 0.661. The molecule has 29 heavy (non-hydrogen) atoms. The van der Waals surface area contributed by atoms with Gasteiger partial charge < -0.3 is 14.6 Å². The van der Waals surface area contributed by atoms with E-state index in [1.807, 2.05) is 6.07 Å². The molecular formula is C21H20FN3O3S. The normalized spacial score (nSPS) is 17.0. The first-order chi connectivity index (χ1) is 14.1. The Morgan fingerprint density at radius 2 is 2.10 bits per heavy atom. The van der Waals surface area contributed by atoms with E-state index in [1.54, 1.807) is 23.3 Å². The molecule has 6 nitrogen and oxygen atoms in total. The number of hydrogen-bond donors (Lipinski definition) is 1. The second-order valence-electron chi connectivity index (χ2n) is 6.94. The highest BCUT2D eigenvalue weighted by molar-refractivity contribution is 7.08. The number of hydrogen-bond acceptors (Lipinski definition) is 5. The van der Waals surface area contributed by atoms with Gasteiger partial charge in [-0.25, -0.2) is 8.76 Å². The van der Waals surface area contributed by atoms with Crippen LogP contribution in [0.5, 0.6) is 0 Å². The van der Waals surface area contributed by atoms with E-state index < -0.39 is 5.82 Å². The van der Waals surface area contributed by atoms with Crippen molar-refractivity contribution in [2.45, 2.75) is 31.7 Å². The van der Waals surface area contributed by atoms with Crippen LogP contribution in [-0.4, -0.2) is 27.6 Å². The Bertz CT molecular complexity index is 989. The fraction of sp³-hybridized carbons (Fsp3) is 0.286. The number of amides is 2. The minimum atomic E-state index is -0.583. The molecule has 0 aliphatic carbocycles. The Morgan fingerprint density at radius 1 is 1.21 bits per heavy atom. The van der Waals surface area contributed by atoms with Gasteiger partial charge in [0.25, 0.3) is 11.8 Å². The molecule has 3 heterocycles. The average Bonchev–Trinajstić information content (AvgIpc) is 3.38. The van der Waals surface area contributed by atoms with Gasteiger partial charge in [0.15, 0.2) is 0 Å². The first kappa shape index (κ1) is 19.3. The number of carbonyl (C=O) groups is 2. The maximum atomic E-state index is 14.2. The number of aromatic nitrogens is 1. The van der Waals surface area contributed by atoms with Crippen LogP contribution in [0.4, 0.5) is 10.1 Å². The highest BCUT2D eigenvalue weighted by Gasteiger charge is 2.29. The summed E-state index contributed by atoms with van der Waals surface area (Å²) in [6.07, 6.45) is 6.82. The van der Waals surface area contributed by atoms with Crippen molar-refractivity contribution < 1.29 is 18.4 Å². The van der Waals surface area contributed by atoms with Crippen molar-refractivity contribution in [2.75, 3.05) is 11.9 Å². The lowest BCUT2D eigenvalue weighted by atomic mass is 10.1. The Balaban J connectivity index is 1.60. The second kappa shape index (κ2) is 8.57. The summed E-state index contributed by atoms with van der Waals surface area (Å²) in [6, 6.07) is 8.97. The summed E-state index contributed by atoms with van der Waals surface area (Å²) in [5.74, 6) is -0.518. The van der Waals surface area contributed by atoms with Crippen LogP contribution in [0.3, 0.4) is 0 Å². The number of benzene rings is 1. The predicted molar refractivity (Wildman–Crippen MR) is 107 cm³/mol. The summed E-state index contributed by atoms with van der Waals surface area (Å²) in [4.78, 5) is 27.7. The summed E-state index contributed by atoms with van der Waals surface area (Å²) in [6.45, 7) is 0.573. The Morgan fingerprint density at radius 3 is 2.86 bits per heavy atom. The van der Waals surface area contributed by atoms with Crippen LogP contribution in [0.25, 0.3) is 0 Å². The Kier molecular flexibility index (Phi) is 5.71. The maximum Gasteiger partial charge on any atom is 0.267 e. The number of halogens is 1. The SMILES string of the molecule is O=C(Nc1cc(F)cc(C(=O)N2CCCCCC2c2ccco2)c1)c1ccns1. The van der Waals surface area contributed by atoms with Gasteiger partial charge in [0, 0.05) is 24.0 Å². The lowest BCUT2D eigenvalue weighted by Gasteiger charge is -2.29. The summed E-state index contributed by atoms with van der Waals surface area (Å²) >= 11 is 1.05. The highest BCUT2D eigenvalue weighted by atomic mass is 32.1. The van der Waals surface area contributed by atoms with Crippen molar-refractivity contribution >= 4 is 29.0 Å². The summed E-state index contributed by atoms with van der Waals surface area (Å²) in [7, 11) is 0. The smallest absolute Gasteiger partial charge is 0.267 e. The van der Waals surface area contributed by atoms with Gasteiger partial charge in [0.2, 0.25) is 0 Å². The average molecular weight is 413 g/mol. The molecule has 2 amide bonds. The molecule has 3 aromatic rings. The number of nitrogens with one attached hydrogen (secondary N) is 1. The molecule has 0 saturated carbocycles. The van der Waals surface area contributed by atoms with Gasteiger partial charge in [0.1, 0.15) is 16.5 Å². The van der Waals surface area contributed by atoms with E-state index in [2.05, 4.69) is 9.69 Å². The summed E-state index contributed by atoms with van der Waals surface area (Å²) < 4.78 is 23.7. The van der Waals surface area contributed by atoms with Crippen molar-refractivity contribution in [2.24, 2.45) is 0 Å². The van der Waals surface area contributed by atoms with Gasteiger partial charge in [-0.15, -0.1) is 0 Å². The van der Waals surface area contributed by atoms with Crippen molar-refractivity contribution in [1.29, 1.82) is 0 Å². The molecule has 8 heteroatoms. The molecule has 1 aliphatic rings. The fourth-order valence-corrected chi connectivity index (χ4v) is 4.10. The van der Waals surface area contributed by atoms with Gasteiger partial charge in [-0.1, -0.05) is 12.8 Å². The van der Waals surface area contributed by atoms with E-state index >= 15 is 0 Å². The van der Waals surface area contributed by atoms with E-state index in [4.69, 9.17) is 4.42 Å². The second-order valence-corrected chi connectivity index (χ2v) is 7.77. The zero-order chi connectivity index (χ0) is 20.2. The molecular weight excluding hydrogens is 393 g/mol. The van der Waals surface area contributed by atoms with E-state index in [0.717, 1.165) is 43.0 Å². The zero-order valence-corrected chi connectivity index (χ0v) is 16.5. The molecule has 1 aliphatic heterocycles. The first-order valence-electron chi connectivity index (χ1n) is 9.49. The van der Waals surface area contributed by atoms with Crippen LogP contribution < -0.4 is 5.32 Å². The lowest BCUT2D eigenvalue weighted by Crippen LogP contribution is -2.34. The van der Waals surface area contributed by atoms with Crippen molar-refractivity contribution in [3.05, 3.63) is 70.9 Å². The molecule has 1 saturated heterocycles. The molecule has 4 rings (SSSR count). The molecule has 1 N–H and O–H groups in total. The first-order valence-corrected chi connectivity index (χ1v) is 10.3. The highest BCUT2D eigenvalue weighted by Crippen LogP contribution is 2.32. The molecule has 0 spiro atoms. The van der Waals surface area contributed by atoms with Crippen molar-refractivity contribution in [1.82, 2.24) is 9.27 Å². The lowest BCUT2D eigenvalue weighted by molar-refractivity contribution is 0.0658. The van der Waals surface area contributed by atoms with Crippen LogP contribution in [0.15, 0.2) is 53.3 Å². The number of anilines is 1. The monoisotopic (exact) mass is 413 g/mol. The summed E-state index contributed by atoms with van der Waals surface area (Å²) in [5, 5.41) is 2.64. The van der Waals surface area contributed by atoms with E-state index in [-0.39, 0.29) is 29.1 Å². The predicted octanol–water partition coefficient (Wildman–Crippen LogP) is 4.89. The third-order valence-corrected chi connectivity index (χ3v) is 5.69. The standard InChI is InChI=1S/C21H20FN3O3S/c22-15-11-14(12-16(13-15)24-20(26)19-7-8-23-29-19)21(27)25-9-3-1-2-5-17(25)18-6-4-10-28-18/h4,6-8,10-13,17H,1-3,5,9H2,(H,24,26). The van der Waals surface area contributed by atoms with Gasteiger partial charge in [0.05, 0.1) is 12.3 Å². The largest absolute Gasteiger partial charge is 0.467 e. The van der Waals surface area contributed by atoms with Crippen LogP contribution in [0, 0.1) is 5.82 Å². The Hall–Kier alpha value is -3.00. The van der Waals surface area contributed by atoms with Crippen LogP contribution in [-0.2, 0) is 0 Å². The van der Waals surface area contributed by atoms with Gasteiger partial charge in [-0.05, 0) is 60.8 Å². The molecule has 0 radical (unpaired) electrons. The van der Waals surface area contributed by atoms with E-state index in [0.29, 0.717) is 11.4 Å². The van der Waals surface area contributed by atoms with Gasteiger partial charge in [-0.2, -0.15) is 0 Å². The number of likely N-dealkylation sites (tertiary alicyclic amines) is 1.